The Bertz CT molecular complexity index is 745. The minimum absolute atomic E-state index is 0.165. The fraction of sp³-hybridized carbons (Fsp3) is 0.765. The number of aliphatic carboxylic acids is 1. The maximum absolute atomic E-state index is 12.2. The highest BCUT2D eigenvalue weighted by Crippen LogP contribution is 2.35. The van der Waals surface area contributed by atoms with E-state index in [-0.39, 0.29) is 18.1 Å². The van der Waals surface area contributed by atoms with E-state index in [0.29, 0.717) is 12.3 Å². The van der Waals surface area contributed by atoms with Crippen LogP contribution in [-0.4, -0.2) is 76.6 Å². The third kappa shape index (κ3) is 5.16. The van der Waals surface area contributed by atoms with Crippen molar-refractivity contribution in [1.29, 1.82) is 0 Å². The quantitative estimate of drug-likeness (QED) is 0.758. The van der Waals surface area contributed by atoms with Crippen LogP contribution in [-0.2, 0) is 14.3 Å². The standard InChI is InChI=1S/C15H22N4O2S.C2HF3O2/c1-10-16-17-15(22-10)18-8-11-4-3-7-21-14(11)12(9-18)19-6-2-5-13(19)20;3-2(4,5)1(6)7/h11-12,14H,2-9H2,1H3;(H,6,7)/t11-,12+,14-;/m0./s1. The van der Waals surface area contributed by atoms with Crippen molar-refractivity contribution in [2.45, 2.75) is 50.9 Å². The van der Waals surface area contributed by atoms with Crippen LogP contribution < -0.4 is 4.90 Å². The van der Waals surface area contributed by atoms with Gasteiger partial charge in [-0.3, -0.25) is 4.79 Å². The van der Waals surface area contributed by atoms with Gasteiger partial charge in [-0.15, -0.1) is 10.2 Å². The Kier molecular flexibility index (Phi) is 6.62. The summed E-state index contributed by atoms with van der Waals surface area (Å²) in [6, 6.07) is 0.165. The SMILES string of the molecule is Cc1nnc(N2C[C@@H]3CCCO[C@@H]3[C@H](N3CCCC3=O)C2)s1.O=C(O)C(F)(F)F. The molecule has 0 unspecified atom stereocenters. The van der Waals surface area contributed by atoms with Crippen molar-refractivity contribution in [3.63, 3.8) is 0 Å². The molecule has 3 atom stereocenters. The smallest absolute Gasteiger partial charge is 0.475 e. The zero-order valence-corrected chi connectivity index (χ0v) is 16.7. The summed E-state index contributed by atoms with van der Waals surface area (Å²) in [4.78, 5) is 25.5. The molecule has 12 heteroatoms. The number of rotatable bonds is 2. The average Bonchev–Trinajstić information content (AvgIpc) is 3.29. The lowest BCUT2D eigenvalue weighted by molar-refractivity contribution is -0.192. The zero-order valence-electron chi connectivity index (χ0n) is 15.9. The number of amides is 1. The summed E-state index contributed by atoms with van der Waals surface area (Å²) in [5.74, 6) is -1.98. The van der Waals surface area contributed by atoms with Gasteiger partial charge in [0.15, 0.2) is 0 Å². The Morgan fingerprint density at radius 2 is 2.00 bits per heavy atom. The van der Waals surface area contributed by atoms with Gasteiger partial charge in [0.2, 0.25) is 11.0 Å². The Hall–Kier alpha value is -1.95. The van der Waals surface area contributed by atoms with Crippen molar-refractivity contribution in [1.82, 2.24) is 15.1 Å². The van der Waals surface area contributed by atoms with Crippen LogP contribution in [0.1, 0.15) is 30.7 Å². The van der Waals surface area contributed by atoms with Crippen molar-refractivity contribution in [3.8, 4) is 0 Å². The Morgan fingerprint density at radius 1 is 1.28 bits per heavy atom. The number of aryl methyl sites for hydroxylation is 1. The Labute approximate surface area is 169 Å². The molecule has 3 aliphatic rings. The maximum Gasteiger partial charge on any atom is 0.490 e. The van der Waals surface area contributed by atoms with Crippen LogP contribution in [0.4, 0.5) is 18.3 Å². The number of carbonyl (C=O) groups excluding carboxylic acids is 1. The number of hydrogen-bond donors (Lipinski definition) is 1. The number of fused-ring (bicyclic) bond motifs is 1. The van der Waals surface area contributed by atoms with Crippen molar-refractivity contribution in [3.05, 3.63) is 5.01 Å². The van der Waals surface area contributed by atoms with E-state index in [4.69, 9.17) is 14.6 Å². The molecule has 0 saturated carbocycles. The molecule has 0 aliphatic carbocycles. The molecule has 3 saturated heterocycles. The van der Waals surface area contributed by atoms with E-state index in [9.17, 15) is 18.0 Å². The van der Waals surface area contributed by atoms with Gasteiger partial charge in [0.1, 0.15) is 5.01 Å². The van der Waals surface area contributed by atoms with Crippen LogP contribution in [0.25, 0.3) is 0 Å². The first kappa shape index (κ1) is 21.8. The maximum atomic E-state index is 12.2. The van der Waals surface area contributed by atoms with Crippen molar-refractivity contribution in [2.75, 3.05) is 31.1 Å². The van der Waals surface area contributed by atoms with Crippen LogP contribution in [0.3, 0.4) is 0 Å². The molecule has 162 valence electrons. The molecule has 1 amide bonds. The number of piperidine rings is 1. The molecule has 0 bridgehead atoms. The minimum Gasteiger partial charge on any atom is -0.475 e. The normalized spacial score (nSPS) is 27.3. The number of carbonyl (C=O) groups is 2. The van der Waals surface area contributed by atoms with Gasteiger partial charge in [-0.05, 0) is 26.2 Å². The molecule has 3 aliphatic heterocycles. The fourth-order valence-electron chi connectivity index (χ4n) is 4.04. The molecule has 0 radical (unpaired) electrons. The molecule has 29 heavy (non-hydrogen) atoms. The number of aromatic nitrogens is 2. The molecule has 8 nitrogen and oxygen atoms in total. The van der Waals surface area contributed by atoms with Crippen LogP contribution >= 0.6 is 11.3 Å². The second-order valence-electron chi connectivity index (χ2n) is 7.31. The molecule has 1 aromatic rings. The van der Waals surface area contributed by atoms with Crippen molar-refractivity contribution >= 4 is 28.3 Å². The van der Waals surface area contributed by atoms with E-state index in [1.54, 1.807) is 11.3 Å². The molecular formula is C17H23F3N4O4S. The van der Waals surface area contributed by atoms with E-state index < -0.39 is 12.1 Å². The molecule has 4 rings (SSSR count). The summed E-state index contributed by atoms with van der Waals surface area (Å²) < 4.78 is 37.8. The predicted octanol–water partition coefficient (Wildman–Crippen LogP) is 2.09. The van der Waals surface area contributed by atoms with Gasteiger partial charge in [0.05, 0.1) is 12.1 Å². The second kappa shape index (κ2) is 8.82. The lowest BCUT2D eigenvalue weighted by Crippen LogP contribution is -2.61. The van der Waals surface area contributed by atoms with E-state index in [0.717, 1.165) is 49.2 Å². The van der Waals surface area contributed by atoms with Crippen LogP contribution in [0.5, 0.6) is 0 Å². The van der Waals surface area contributed by atoms with Crippen molar-refractivity contribution < 1.29 is 32.6 Å². The Morgan fingerprint density at radius 3 is 2.55 bits per heavy atom. The number of ether oxygens (including phenoxy) is 1. The van der Waals surface area contributed by atoms with Crippen LogP contribution in [0, 0.1) is 12.8 Å². The zero-order chi connectivity index (χ0) is 21.2. The summed E-state index contributed by atoms with van der Waals surface area (Å²) >= 11 is 1.64. The van der Waals surface area contributed by atoms with Gasteiger partial charge in [0, 0.05) is 38.6 Å². The molecule has 4 heterocycles. The summed E-state index contributed by atoms with van der Waals surface area (Å²) in [6.07, 6.45) is -0.931. The first-order valence-electron chi connectivity index (χ1n) is 9.43. The molecular weight excluding hydrogens is 413 g/mol. The summed E-state index contributed by atoms with van der Waals surface area (Å²) in [6.45, 7) is 5.48. The third-order valence-corrected chi connectivity index (χ3v) is 6.17. The molecule has 1 N–H and O–H groups in total. The lowest BCUT2D eigenvalue weighted by Gasteiger charge is -2.48. The lowest BCUT2D eigenvalue weighted by atomic mass is 9.85. The largest absolute Gasteiger partial charge is 0.490 e. The highest BCUT2D eigenvalue weighted by molar-refractivity contribution is 7.15. The number of alkyl halides is 3. The molecule has 1 aromatic heterocycles. The van der Waals surface area contributed by atoms with E-state index in [2.05, 4.69) is 20.0 Å². The van der Waals surface area contributed by atoms with Crippen molar-refractivity contribution in [2.24, 2.45) is 5.92 Å². The van der Waals surface area contributed by atoms with Gasteiger partial charge >= 0.3 is 12.1 Å². The van der Waals surface area contributed by atoms with Gasteiger partial charge in [-0.1, -0.05) is 11.3 Å². The van der Waals surface area contributed by atoms with Crippen LogP contribution in [0.15, 0.2) is 0 Å². The Balaban J connectivity index is 0.000000298. The fourth-order valence-corrected chi connectivity index (χ4v) is 4.74. The second-order valence-corrected chi connectivity index (χ2v) is 8.47. The van der Waals surface area contributed by atoms with E-state index in [1.807, 2.05) is 6.92 Å². The number of halogens is 3. The van der Waals surface area contributed by atoms with Gasteiger partial charge < -0.3 is 19.6 Å². The predicted molar refractivity (Wildman–Crippen MR) is 97.7 cm³/mol. The topological polar surface area (TPSA) is 95.9 Å². The molecule has 0 aromatic carbocycles. The highest BCUT2D eigenvalue weighted by atomic mass is 32.1. The number of carboxylic acid groups (broad SMARTS) is 1. The number of anilines is 1. The summed E-state index contributed by atoms with van der Waals surface area (Å²) in [5, 5.41) is 17.6. The summed E-state index contributed by atoms with van der Waals surface area (Å²) in [5.41, 5.74) is 0. The molecule has 3 fully saturated rings. The van der Waals surface area contributed by atoms with Gasteiger partial charge in [0.25, 0.3) is 0 Å². The number of hydrogen-bond acceptors (Lipinski definition) is 7. The minimum atomic E-state index is -5.08. The highest BCUT2D eigenvalue weighted by Gasteiger charge is 2.45. The number of likely N-dealkylation sites (tertiary alicyclic amines) is 1. The molecule has 0 spiro atoms. The van der Waals surface area contributed by atoms with Gasteiger partial charge in [-0.25, -0.2) is 4.79 Å². The van der Waals surface area contributed by atoms with Gasteiger partial charge in [-0.2, -0.15) is 13.2 Å². The summed E-state index contributed by atoms with van der Waals surface area (Å²) in [7, 11) is 0. The average molecular weight is 436 g/mol. The van der Waals surface area contributed by atoms with E-state index in [1.165, 1.54) is 6.42 Å². The van der Waals surface area contributed by atoms with E-state index >= 15 is 0 Å². The number of nitrogens with zero attached hydrogens (tertiary/aromatic N) is 4. The van der Waals surface area contributed by atoms with Crippen LogP contribution in [0.2, 0.25) is 0 Å². The monoisotopic (exact) mass is 436 g/mol. The number of carboxylic acids is 1. The first-order valence-corrected chi connectivity index (χ1v) is 10.2. The third-order valence-electron chi connectivity index (χ3n) is 5.27. The first-order chi connectivity index (χ1) is 13.7.